The second-order valence-electron chi connectivity index (χ2n) is 5.47. The number of nitrogens with two attached hydrogens (primary N) is 1. The highest BCUT2D eigenvalue weighted by Gasteiger charge is 2.25. The zero-order chi connectivity index (χ0) is 15.2. The Morgan fingerprint density at radius 1 is 1.38 bits per heavy atom. The van der Waals surface area contributed by atoms with E-state index in [-0.39, 0.29) is 11.8 Å². The summed E-state index contributed by atoms with van der Waals surface area (Å²) in [6.45, 7) is 6.72. The molecule has 0 atom stereocenters. The van der Waals surface area contributed by atoms with Gasteiger partial charge in [-0.25, -0.2) is 9.97 Å². The van der Waals surface area contributed by atoms with Crippen LogP contribution in [-0.2, 0) is 11.2 Å². The molecule has 21 heavy (non-hydrogen) atoms. The molecule has 1 aliphatic heterocycles. The van der Waals surface area contributed by atoms with Gasteiger partial charge in [-0.2, -0.15) is 0 Å². The number of anilines is 2. The topological polar surface area (TPSA) is 84.1 Å². The van der Waals surface area contributed by atoms with Crippen molar-refractivity contribution in [3.05, 3.63) is 11.9 Å². The molecule has 0 radical (unpaired) electrons. The molecular weight excluding hydrogens is 266 g/mol. The summed E-state index contributed by atoms with van der Waals surface area (Å²) in [6.07, 6.45) is 5.24. The number of amides is 1. The summed E-state index contributed by atoms with van der Waals surface area (Å²) in [5.74, 6) is 1.76. The van der Waals surface area contributed by atoms with Crippen LogP contribution in [0.15, 0.2) is 6.33 Å². The number of carbonyl (C=O) groups excluding carboxylic acids is 1. The maximum atomic E-state index is 11.3. The number of rotatable bonds is 6. The van der Waals surface area contributed by atoms with Crippen molar-refractivity contribution < 1.29 is 4.79 Å². The Labute approximate surface area is 126 Å². The third-order valence-electron chi connectivity index (χ3n) is 3.96. The first-order valence-electron chi connectivity index (χ1n) is 7.79. The van der Waals surface area contributed by atoms with Crippen LogP contribution in [0.1, 0.15) is 38.7 Å². The maximum Gasteiger partial charge on any atom is 0.220 e. The number of nitrogens with one attached hydrogen (secondary N) is 1. The minimum atomic E-state index is -0.181. The van der Waals surface area contributed by atoms with Crippen LogP contribution >= 0.6 is 0 Å². The Hall–Kier alpha value is -1.85. The Balaban J connectivity index is 2.19. The zero-order valence-electron chi connectivity index (χ0n) is 12.9. The van der Waals surface area contributed by atoms with E-state index >= 15 is 0 Å². The summed E-state index contributed by atoms with van der Waals surface area (Å²) in [6, 6.07) is 0. The molecule has 0 saturated carbocycles. The summed E-state index contributed by atoms with van der Waals surface area (Å²) >= 11 is 0. The minimum absolute atomic E-state index is 0.00551. The predicted molar refractivity (Wildman–Crippen MR) is 84.3 cm³/mol. The van der Waals surface area contributed by atoms with Gasteiger partial charge in [0.05, 0.1) is 0 Å². The molecule has 3 N–H and O–H groups in total. The van der Waals surface area contributed by atoms with Crippen LogP contribution in [0.5, 0.6) is 0 Å². The first-order valence-corrected chi connectivity index (χ1v) is 7.79. The number of carbonyl (C=O) groups is 1. The molecule has 0 aromatic carbocycles. The van der Waals surface area contributed by atoms with Crippen LogP contribution in [0.3, 0.4) is 0 Å². The molecule has 2 heterocycles. The van der Waals surface area contributed by atoms with Crippen molar-refractivity contribution in [3.8, 4) is 0 Å². The number of piperidine rings is 1. The molecule has 6 nitrogen and oxygen atoms in total. The van der Waals surface area contributed by atoms with Crippen molar-refractivity contribution in [1.82, 2.24) is 9.97 Å². The molecule has 2 rings (SSSR count). The van der Waals surface area contributed by atoms with Crippen molar-refractivity contribution in [2.24, 2.45) is 11.7 Å². The van der Waals surface area contributed by atoms with Crippen molar-refractivity contribution >= 4 is 17.5 Å². The van der Waals surface area contributed by atoms with Gasteiger partial charge in [-0.3, -0.25) is 4.79 Å². The monoisotopic (exact) mass is 291 g/mol. The number of aromatic nitrogens is 2. The molecule has 1 saturated heterocycles. The fourth-order valence-electron chi connectivity index (χ4n) is 2.85. The summed E-state index contributed by atoms with van der Waals surface area (Å²) in [4.78, 5) is 22.4. The Morgan fingerprint density at radius 2 is 2.10 bits per heavy atom. The first-order chi connectivity index (χ1) is 10.2. The quantitative estimate of drug-likeness (QED) is 0.831. The maximum absolute atomic E-state index is 11.3. The van der Waals surface area contributed by atoms with Gasteiger partial charge >= 0.3 is 0 Å². The van der Waals surface area contributed by atoms with Crippen molar-refractivity contribution in [2.75, 3.05) is 29.9 Å². The molecule has 1 amide bonds. The van der Waals surface area contributed by atoms with Crippen molar-refractivity contribution in [2.45, 2.75) is 39.5 Å². The third-order valence-corrected chi connectivity index (χ3v) is 3.96. The van der Waals surface area contributed by atoms with Crippen molar-refractivity contribution in [1.29, 1.82) is 0 Å². The zero-order valence-corrected chi connectivity index (χ0v) is 12.9. The van der Waals surface area contributed by atoms with E-state index in [0.717, 1.165) is 57.0 Å². The molecular formula is C15H25N5O. The molecule has 0 aliphatic carbocycles. The minimum Gasteiger partial charge on any atom is -0.370 e. The predicted octanol–water partition coefficient (Wildman–Crippen LogP) is 1.56. The van der Waals surface area contributed by atoms with E-state index in [4.69, 9.17) is 5.73 Å². The van der Waals surface area contributed by atoms with Gasteiger partial charge in [0.25, 0.3) is 0 Å². The first kappa shape index (κ1) is 15.5. The molecule has 1 aromatic rings. The second kappa shape index (κ2) is 7.24. The van der Waals surface area contributed by atoms with Gasteiger partial charge in [-0.15, -0.1) is 0 Å². The van der Waals surface area contributed by atoms with Gasteiger partial charge in [0, 0.05) is 31.1 Å². The smallest absolute Gasteiger partial charge is 0.220 e. The highest BCUT2D eigenvalue weighted by Crippen LogP contribution is 2.28. The molecule has 0 bridgehead atoms. The van der Waals surface area contributed by atoms with Gasteiger partial charge in [-0.05, 0) is 26.2 Å². The van der Waals surface area contributed by atoms with Gasteiger partial charge < -0.3 is 16.0 Å². The van der Waals surface area contributed by atoms with Gasteiger partial charge in [0.1, 0.15) is 18.0 Å². The number of hydrogen-bond acceptors (Lipinski definition) is 5. The van der Waals surface area contributed by atoms with Crippen molar-refractivity contribution in [3.63, 3.8) is 0 Å². The Kier molecular flexibility index (Phi) is 5.36. The van der Waals surface area contributed by atoms with E-state index in [2.05, 4.69) is 34.0 Å². The van der Waals surface area contributed by atoms with E-state index in [1.807, 2.05) is 0 Å². The van der Waals surface area contributed by atoms with E-state index in [1.165, 1.54) is 5.56 Å². The Morgan fingerprint density at radius 3 is 2.67 bits per heavy atom. The second-order valence-corrected chi connectivity index (χ2v) is 5.47. The average Bonchev–Trinajstić information content (AvgIpc) is 2.49. The summed E-state index contributed by atoms with van der Waals surface area (Å²) < 4.78 is 0. The third kappa shape index (κ3) is 3.62. The molecule has 1 fully saturated rings. The van der Waals surface area contributed by atoms with Gasteiger partial charge in [-0.1, -0.05) is 13.3 Å². The SMILES string of the molecule is CCCc1c(NCC)ncnc1N1CCC(C(N)=O)CC1. The molecule has 6 heteroatoms. The Bertz CT molecular complexity index is 483. The lowest BCUT2D eigenvalue weighted by Crippen LogP contribution is -2.39. The highest BCUT2D eigenvalue weighted by molar-refractivity contribution is 5.77. The van der Waals surface area contributed by atoms with E-state index in [1.54, 1.807) is 6.33 Å². The van der Waals surface area contributed by atoms with Crippen LogP contribution < -0.4 is 16.0 Å². The normalized spacial score (nSPS) is 16.0. The van der Waals surface area contributed by atoms with Crippen LogP contribution in [0.25, 0.3) is 0 Å². The summed E-state index contributed by atoms with van der Waals surface area (Å²) in [5, 5.41) is 3.32. The average molecular weight is 291 g/mol. The van der Waals surface area contributed by atoms with E-state index in [9.17, 15) is 4.79 Å². The molecule has 116 valence electrons. The molecule has 1 aliphatic rings. The number of hydrogen-bond donors (Lipinski definition) is 2. The fraction of sp³-hybridized carbons (Fsp3) is 0.667. The molecule has 0 spiro atoms. The lowest BCUT2D eigenvalue weighted by Gasteiger charge is -2.33. The number of nitrogens with zero attached hydrogens (tertiary/aromatic N) is 3. The summed E-state index contributed by atoms with van der Waals surface area (Å²) in [5.41, 5.74) is 6.58. The fourth-order valence-corrected chi connectivity index (χ4v) is 2.85. The van der Waals surface area contributed by atoms with Gasteiger partial charge in [0.15, 0.2) is 0 Å². The summed E-state index contributed by atoms with van der Waals surface area (Å²) in [7, 11) is 0. The van der Waals surface area contributed by atoms with Gasteiger partial charge in [0.2, 0.25) is 5.91 Å². The van der Waals surface area contributed by atoms with E-state index in [0.29, 0.717) is 0 Å². The van der Waals surface area contributed by atoms with Crippen LogP contribution in [0.2, 0.25) is 0 Å². The van der Waals surface area contributed by atoms with E-state index < -0.39 is 0 Å². The largest absolute Gasteiger partial charge is 0.370 e. The molecule has 1 aromatic heterocycles. The number of primary amides is 1. The van der Waals surface area contributed by atoms with Crippen LogP contribution in [0, 0.1) is 5.92 Å². The van der Waals surface area contributed by atoms with Crippen LogP contribution in [0.4, 0.5) is 11.6 Å². The highest BCUT2D eigenvalue weighted by atomic mass is 16.1. The lowest BCUT2D eigenvalue weighted by molar-refractivity contribution is -0.122. The standard InChI is InChI=1S/C15H25N5O/c1-3-5-12-14(17-4-2)18-10-19-15(12)20-8-6-11(7-9-20)13(16)21/h10-11H,3-9H2,1-2H3,(H2,16,21)(H,17,18,19). The molecule has 0 unspecified atom stereocenters. The van der Waals surface area contributed by atoms with Crippen LogP contribution in [-0.4, -0.2) is 35.5 Å². The lowest BCUT2D eigenvalue weighted by atomic mass is 9.96.